The molecular weight excluding hydrogens is 315 g/mol. The van der Waals surface area contributed by atoms with Crippen LogP contribution in [0.5, 0.6) is 0 Å². The molecular formula is C15H23Cl3N2. The molecule has 1 saturated carbocycles. The largest absolute Gasteiger partial charge is 0.314 e. The zero-order chi connectivity index (χ0) is 12.5. The Kier molecular flexibility index (Phi) is 7.10. The Balaban J connectivity index is 0.000001000. The van der Waals surface area contributed by atoms with Gasteiger partial charge >= 0.3 is 0 Å². The van der Waals surface area contributed by atoms with Crippen molar-refractivity contribution in [1.82, 2.24) is 10.2 Å². The van der Waals surface area contributed by atoms with Gasteiger partial charge in [0.05, 0.1) is 0 Å². The summed E-state index contributed by atoms with van der Waals surface area (Å²) in [5, 5.41) is 4.38. The SMILES string of the molecule is Cc1cccc(Cl)c1[C@@H](C1CC1)N1CCNCC1.Cl.Cl. The molecule has 0 bridgehead atoms. The maximum Gasteiger partial charge on any atom is 0.0456 e. The lowest BCUT2D eigenvalue weighted by molar-refractivity contribution is 0.156. The minimum atomic E-state index is 0. The van der Waals surface area contributed by atoms with Crippen molar-refractivity contribution >= 4 is 36.4 Å². The highest BCUT2D eigenvalue weighted by Gasteiger charge is 2.38. The van der Waals surface area contributed by atoms with E-state index in [1.165, 1.54) is 24.0 Å². The molecule has 1 aromatic rings. The summed E-state index contributed by atoms with van der Waals surface area (Å²) in [7, 11) is 0. The average Bonchev–Trinajstić information content (AvgIpc) is 3.19. The highest BCUT2D eigenvalue weighted by atomic mass is 35.5. The van der Waals surface area contributed by atoms with Gasteiger partial charge in [-0.15, -0.1) is 24.8 Å². The van der Waals surface area contributed by atoms with E-state index in [4.69, 9.17) is 11.6 Å². The van der Waals surface area contributed by atoms with Gasteiger partial charge < -0.3 is 5.32 Å². The van der Waals surface area contributed by atoms with Gasteiger partial charge in [0.1, 0.15) is 0 Å². The molecule has 0 amide bonds. The summed E-state index contributed by atoms with van der Waals surface area (Å²) in [6.45, 7) is 6.69. The molecule has 2 fully saturated rings. The van der Waals surface area contributed by atoms with Gasteiger partial charge in [0.25, 0.3) is 0 Å². The molecule has 1 saturated heterocycles. The van der Waals surface area contributed by atoms with Crippen LogP contribution in [-0.4, -0.2) is 31.1 Å². The first-order valence-electron chi connectivity index (χ1n) is 6.97. The molecule has 5 heteroatoms. The molecule has 1 heterocycles. The number of piperazine rings is 1. The van der Waals surface area contributed by atoms with Crippen molar-refractivity contribution < 1.29 is 0 Å². The molecule has 1 aliphatic heterocycles. The second-order valence-electron chi connectivity index (χ2n) is 5.54. The van der Waals surface area contributed by atoms with E-state index in [-0.39, 0.29) is 24.8 Å². The number of nitrogens with zero attached hydrogens (tertiary/aromatic N) is 1. The molecule has 1 atom stereocenters. The lowest BCUT2D eigenvalue weighted by Gasteiger charge is -2.36. The summed E-state index contributed by atoms with van der Waals surface area (Å²) in [4.78, 5) is 2.63. The van der Waals surface area contributed by atoms with Crippen LogP contribution in [0.25, 0.3) is 0 Å². The van der Waals surface area contributed by atoms with Gasteiger partial charge in [0.15, 0.2) is 0 Å². The zero-order valence-electron chi connectivity index (χ0n) is 11.8. The van der Waals surface area contributed by atoms with Crippen LogP contribution >= 0.6 is 36.4 Å². The van der Waals surface area contributed by atoms with Crippen molar-refractivity contribution in [2.75, 3.05) is 26.2 Å². The summed E-state index contributed by atoms with van der Waals surface area (Å²) in [6.07, 6.45) is 2.72. The van der Waals surface area contributed by atoms with Crippen LogP contribution in [0.2, 0.25) is 5.02 Å². The Morgan fingerprint density at radius 3 is 2.40 bits per heavy atom. The third-order valence-electron chi connectivity index (χ3n) is 4.18. The van der Waals surface area contributed by atoms with Crippen LogP contribution in [0.4, 0.5) is 0 Å². The van der Waals surface area contributed by atoms with Gasteiger partial charge in [-0.2, -0.15) is 0 Å². The summed E-state index contributed by atoms with van der Waals surface area (Å²) in [5.74, 6) is 0.821. The van der Waals surface area contributed by atoms with Crippen LogP contribution in [0, 0.1) is 12.8 Å². The van der Waals surface area contributed by atoms with Crippen molar-refractivity contribution in [3.8, 4) is 0 Å². The second-order valence-corrected chi connectivity index (χ2v) is 5.95. The molecule has 114 valence electrons. The second kappa shape index (κ2) is 7.86. The Morgan fingerprint density at radius 1 is 1.20 bits per heavy atom. The minimum Gasteiger partial charge on any atom is -0.314 e. The van der Waals surface area contributed by atoms with Crippen molar-refractivity contribution in [1.29, 1.82) is 0 Å². The van der Waals surface area contributed by atoms with Crippen molar-refractivity contribution in [2.45, 2.75) is 25.8 Å². The van der Waals surface area contributed by atoms with Crippen LogP contribution in [0.1, 0.15) is 30.0 Å². The first-order chi connectivity index (χ1) is 8.77. The predicted octanol–water partition coefficient (Wildman–Crippen LogP) is 3.85. The van der Waals surface area contributed by atoms with Crippen LogP contribution in [0.15, 0.2) is 18.2 Å². The van der Waals surface area contributed by atoms with Gasteiger partial charge in [0, 0.05) is 37.2 Å². The molecule has 1 aromatic carbocycles. The maximum atomic E-state index is 6.47. The number of benzene rings is 1. The van der Waals surface area contributed by atoms with E-state index in [2.05, 4.69) is 29.3 Å². The van der Waals surface area contributed by atoms with Crippen molar-refractivity contribution in [3.63, 3.8) is 0 Å². The average molecular weight is 338 g/mol. The minimum absolute atomic E-state index is 0. The molecule has 2 aliphatic rings. The van der Waals surface area contributed by atoms with E-state index in [1.54, 1.807) is 0 Å². The zero-order valence-corrected chi connectivity index (χ0v) is 14.2. The fourth-order valence-electron chi connectivity index (χ4n) is 3.11. The molecule has 3 rings (SSSR count). The third kappa shape index (κ3) is 3.80. The van der Waals surface area contributed by atoms with Crippen molar-refractivity contribution in [2.24, 2.45) is 5.92 Å². The highest BCUT2D eigenvalue weighted by Crippen LogP contribution is 2.47. The Morgan fingerprint density at radius 2 is 1.85 bits per heavy atom. The quantitative estimate of drug-likeness (QED) is 0.901. The Bertz CT molecular complexity index is 409. The van der Waals surface area contributed by atoms with Gasteiger partial charge in [-0.25, -0.2) is 0 Å². The van der Waals surface area contributed by atoms with E-state index in [0.717, 1.165) is 37.1 Å². The molecule has 0 aromatic heterocycles. The first-order valence-corrected chi connectivity index (χ1v) is 7.35. The predicted molar refractivity (Wildman–Crippen MR) is 90.6 cm³/mol. The molecule has 1 N–H and O–H groups in total. The summed E-state index contributed by atoms with van der Waals surface area (Å²) >= 11 is 6.47. The van der Waals surface area contributed by atoms with Gasteiger partial charge in [-0.1, -0.05) is 23.7 Å². The number of hydrogen-bond donors (Lipinski definition) is 1. The monoisotopic (exact) mass is 336 g/mol. The molecule has 20 heavy (non-hydrogen) atoms. The smallest absolute Gasteiger partial charge is 0.0456 e. The molecule has 0 radical (unpaired) electrons. The Hall–Kier alpha value is 0.01000. The fraction of sp³-hybridized carbons (Fsp3) is 0.600. The van der Waals surface area contributed by atoms with Crippen LogP contribution < -0.4 is 5.32 Å². The van der Waals surface area contributed by atoms with E-state index in [0.29, 0.717) is 6.04 Å². The number of hydrogen-bond acceptors (Lipinski definition) is 2. The van der Waals surface area contributed by atoms with E-state index in [9.17, 15) is 0 Å². The Labute approximate surface area is 139 Å². The van der Waals surface area contributed by atoms with E-state index >= 15 is 0 Å². The van der Waals surface area contributed by atoms with E-state index < -0.39 is 0 Å². The van der Waals surface area contributed by atoms with Gasteiger partial charge in [0.2, 0.25) is 0 Å². The lowest BCUT2D eigenvalue weighted by atomic mass is 9.95. The number of nitrogens with one attached hydrogen (secondary N) is 1. The van der Waals surface area contributed by atoms with Crippen LogP contribution in [0.3, 0.4) is 0 Å². The van der Waals surface area contributed by atoms with Crippen molar-refractivity contribution in [3.05, 3.63) is 34.3 Å². The van der Waals surface area contributed by atoms with Gasteiger partial charge in [-0.05, 0) is 42.9 Å². The number of halogens is 3. The summed E-state index contributed by atoms with van der Waals surface area (Å²) < 4.78 is 0. The topological polar surface area (TPSA) is 15.3 Å². The normalized spacial score (nSPS) is 20.7. The standard InChI is InChI=1S/C15H21ClN2.2ClH/c1-11-3-2-4-13(16)14(11)15(12-5-6-12)18-9-7-17-8-10-18;;/h2-4,12,15,17H,5-10H2,1H3;2*1H/t15-;;/m1../s1. The van der Waals surface area contributed by atoms with E-state index in [1.807, 2.05) is 6.07 Å². The molecule has 2 nitrogen and oxygen atoms in total. The fourth-order valence-corrected chi connectivity index (χ4v) is 3.44. The first kappa shape index (κ1) is 18.1. The highest BCUT2D eigenvalue weighted by molar-refractivity contribution is 6.31. The molecule has 0 spiro atoms. The summed E-state index contributed by atoms with van der Waals surface area (Å²) in [6, 6.07) is 6.84. The lowest BCUT2D eigenvalue weighted by Crippen LogP contribution is -2.45. The van der Waals surface area contributed by atoms with Gasteiger partial charge in [-0.3, -0.25) is 4.90 Å². The maximum absolute atomic E-state index is 6.47. The number of aryl methyl sites for hydroxylation is 1. The molecule has 1 aliphatic carbocycles. The molecule has 0 unspecified atom stereocenters. The number of rotatable bonds is 3. The third-order valence-corrected chi connectivity index (χ3v) is 4.51. The summed E-state index contributed by atoms with van der Waals surface area (Å²) in [5.41, 5.74) is 2.72. The van der Waals surface area contributed by atoms with Crippen LogP contribution in [-0.2, 0) is 0 Å².